The van der Waals surface area contributed by atoms with E-state index in [4.69, 9.17) is 14.5 Å². The molecule has 35 heavy (non-hydrogen) atoms. The van der Waals surface area contributed by atoms with Crippen LogP contribution in [0.25, 0.3) is 17.1 Å². The predicted molar refractivity (Wildman–Crippen MR) is 148 cm³/mol. The summed E-state index contributed by atoms with van der Waals surface area (Å²) in [5, 5.41) is 4.99. The lowest BCUT2D eigenvalue weighted by Gasteiger charge is -2.33. The van der Waals surface area contributed by atoms with Crippen molar-refractivity contribution < 1.29 is 9.47 Å². The second-order valence-corrected chi connectivity index (χ2v) is 16.3. The van der Waals surface area contributed by atoms with Crippen molar-refractivity contribution >= 4 is 30.9 Å². The fraction of sp³-hybridized carbons (Fsp3) is 0.464. The van der Waals surface area contributed by atoms with E-state index < -0.39 is 8.07 Å². The monoisotopic (exact) mass is 492 g/mol. The number of hydrogen-bond acceptors (Lipinski definition) is 5. The smallest absolute Gasteiger partial charge is 0.143 e. The first-order valence-corrected chi connectivity index (χ1v) is 16.4. The minimum absolute atomic E-state index is 0.429. The number of nitrogens with zero attached hydrogens (tertiary/aromatic N) is 3. The molecule has 0 bridgehead atoms. The number of methoxy groups -OCH3 is 1. The highest BCUT2D eigenvalue weighted by molar-refractivity contribution is 6.76. The fourth-order valence-corrected chi connectivity index (χ4v) is 5.27. The van der Waals surface area contributed by atoms with Crippen LogP contribution in [0.5, 0.6) is 0 Å². The first-order chi connectivity index (χ1) is 16.9. The lowest BCUT2D eigenvalue weighted by Crippen LogP contribution is -2.38. The van der Waals surface area contributed by atoms with E-state index in [0.717, 1.165) is 61.4 Å². The first kappa shape index (κ1) is 25.5. The highest BCUT2D eigenvalue weighted by atomic mass is 28.3. The van der Waals surface area contributed by atoms with E-state index in [0.29, 0.717) is 12.8 Å². The molecule has 1 aliphatic heterocycles. The highest BCUT2D eigenvalue weighted by Crippen LogP contribution is 2.30. The number of rotatable bonds is 11. The number of likely N-dealkylation sites (tertiary alicyclic amines) is 1. The van der Waals surface area contributed by atoms with Gasteiger partial charge >= 0.3 is 0 Å². The molecule has 0 aliphatic carbocycles. The minimum Gasteiger partial charge on any atom is -0.504 e. The maximum absolute atomic E-state index is 6.01. The van der Waals surface area contributed by atoms with Gasteiger partial charge in [0.25, 0.3) is 0 Å². The van der Waals surface area contributed by atoms with E-state index in [2.05, 4.69) is 77.0 Å². The Morgan fingerprint density at radius 2 is 1.89 bits per heavy atom. The van der Waals surface area contributed by atoms with Gasteiger partial charge < -0.3 is 19.4 Å². The summed E-state index contributed by atoms with van der Waals surface area (Å²) in [4.78, 5) is 7.32. The Morgan fingerprint density at radius 1 is 1.11 bits per heavy atom. The summed E-state index contributed by atoms with van der Waals surface area (Å²) in [7, 11) is 0.576. The van der Waals surface area contributed by atoms with Gasteiger partial charge in [-0.05, 0) is 36.6 Å². The molecule has 0 unspecified atom stereocenters. The molecule has 7 heteroatoms. The van der Waals surface area contributed by atoms with E-state index in [1.54, 1.807) is 13.4 Å². The number of aromatic nitrogens is 2. The van der Waals surface area contributed by atoms with Crippen LogP contribution in [-0.4, -0.2) is 55.4 Å². The maximum Gasteiger partial charge on any atom is 0.143 e. The van der Waals surface area contributed by atoms with Gasteiger partial charge in [0.2, 0.25) is 0 Å². The quantitative estimate of drug-likeness (QED) is 0.201. The minimum atomic E-state index is -1.10. The molecule has 0 saturated carbocycles. The second-order valence-electron chi connectivity index (χ2n) is 10.7. The van der Waals surface area contributed by atoms with Gasteiger partial charge in [-0.1, -0.05) is 50.0 Å². The van der Waals surface area contributed by atoms with E-state index in [-0.39, 0.29) is 0 Å². The van der Waals surface area contributed by atoms with E-state index in [1.807, 2.05) is 12.3 Å². The Labute approximate surface area is 211 Å². The van der Waals surface area contributed by atoms with Crippen molar-refractivity contribution in [3.8, 4) is 0 Å². The molecule has 4 rings (SSSR count). The van der Waals surface area contributed by atoms with Gasteiger partial charge in [-0.15, -0.1) is 0 Å². The van der Waals surface area contributed by atoms with Crippen LogP contribution in [0.4, 0.5) is 5.69 Å². The number of hydrogen-bond donors (Lipinski definition) is 1. The Bertz CT molecular complexity index is 1100. The summed E-state index contributed by atoms with van der Waals surface area (Å²) in [5.74, 6) is 0. The van der Waals surface area contributed by atoms with Crippen LogP contribution >= 0.6 is 0 Å². The van der Waals surface area contributed by atoms with Gasteiger partial charge in [-0.25, -0.2) is 4.98 Å². The Hall–Kier alpha value is -2.61. The van der Waals surface area contributed by atoms with Crippen LogP contribution < -0.4 is 5.32 Å². The number of pyridine rings is 1. The van der Waals surface area contributed by atoms with E-state index >= 15 is 0 Å². The molecular weight excluding hydrogens is 452 g/mol. The molecule has 188 valence electrons. The van der Waals surface area contributed by atoms with Crippen molar-refractivity contribution in [2.45, 2.75) is 57.8 Å². The van der Waals surface area contributed by atoms with Crippen molar-refractivity contribution in [1.82, 2.24) is 14.5 Å². The van der Waals surface area contributed by atoms with Gasteiger partial charge in [0, 0.05) is 63.7 Å². The fourth-order valence-electron chi connectivity index (χ4n) is 4.51. The average molecular weight is 493 g/mol. The SMILES string of the molecule is CO/C=C\c1cnc2c(ccn2COCC[Si](C)(C)C)c1NC1CCN(Cc2ccccc2)CC1. The third-order valence-corrected chi connectivity index (χ3v) is 8.32. The van der Waals surface area contributed by atoms with Crippen molar-refractivity contribution in [1.29, 1.82) is 0 Å². The van der Waals surface area contributed by atoms with Crippen molar-refractivity contribution in [2.24, 2.45) is 0 Å². The Balaban J connectivity index is 1.44. The molecule has 1 aromatic carbocycles. The molecule has 3 aromatic rings. The summed E-state index contributed by atoms with van der Waals surface area (Å²) < 4.78 is 13.3. The van der Waals surface area contributed by atoms with Crippen molar-refractivity contribution in [2.75, 3.05) is 32.1 Å². The number of ether oxygens (including phenoxy) is 2. The van der Waals surface area contributed by atoms with Gasteiger partial charge in [0.1, 0.15) is 12.4 Å². The second kappa shape index (κ2) is 11.9. The van der Waals surface area contributed by atoms with Crippen LogP contribution in [0, 0.1) is 0 Å². The molecule has 6 nitrogen and oxygen atoms in total. The summed E-state index contributed by atoms with van der Waals surface area (Å²) in [5.41, 5.74) is 4.51. The molecule has 3 heterocycles. The Kier molecular flexibility index (Phi) is 8.65. The van der Waals surface area contributed by atoms with Crippen molar-refractivity contribution in [3.63, 3.8) is 0 Å². The molecule has 0 amide bonds. The molecule has 1 fully saturated rings. The molecule has 0 atom stereocenters. The molecule has 0 spiro atoms. The maximum atomic E-state index is 6.01. The number of piperidine rings is 1. The van der Waals surface area contributed by atoms with Crippen LogP contribution in [0.2, 0.25) is 25.7 Å². The summed E-state index contributed by atoms with van der Waals surface area (Å²) in [6, 6.07) is 14.5. The zero-order chi connectivity index (χ0) is 24.7. The van der Waals surface area contributed by atoms with Gasteiger partial charge in [0.15, 0.2) is 0 Å². The summed E-state index contributed by atoms with van der Waals surface area (Å²) in [6.45, 7) is 11.7. The average Bonchev–Trinajstić information content (AvgIpc) is 3.26. The largest absolute Gasteiger partial charge is 0.504 e. The molecule has 1 saturated heterocycles. The van der Waals surface area contributed by atoms with Crippen LogP contribution in [-0.2, 0) is 22.7 Å². The standard InChI is InChI=1S/C28H40N4O2Si/c1-33-17-13-24-20-29-28-26(12-16-32(28)22-34-18-19-35(2,3)4)27(24)30-25-10-14-31(15-11-25)21-23-8-6-5-7-9-23/h5-9,12-13,16-17,20,25H,10-11,14-15,18-19,21-22H2,1-4H3,(H,29,30)/b17-13-. The van der Waals surface area contributed by atoms with Crippen LogP contribution in [0.3, 0.4) is 0 Å². The lowest BCUT2D eigenvalue weighted by molar-refractivity contribution is 0.0899. The topological polar surface area (TPSA) is 51.6 Å². The van der Waals surface area contributed by atoms with E-state index in [1.165, 1.54) is 11.6 Å². The number of fused-ring (bicyclic) bond motifs is 1. The molecule has 1 aliphatic rings. The van der Waals surface area contributed by atoms with Crippen LogP contribution in [0.15, 0.2) is 55.1 Å². The number of nitrogens with one attached hydrogen (secondary N) is 1. The normalized spacial score (nSPS) is 15.8. The van der Waals surface area contributed by atoms with E-state index in [9.17, 15) is 0 Å². The number of anilines is 1. The van der Waals surface area contributed by atoms with Gasteiger partial charge in [-0.3, -0.25) is 4.90 Å². The Morgan fingerprint density at radius 3 is 2.60 bits per heavy atom. The van der Waals surface area contributed by atoms with Crippen molar-refractivity contribution in [3.05, 3.63) is 66.2 Å². The summed E-state index contributed by atoms with van der Waals surface area (Å²) >= 11 is 0. The zero-order valence-electron chi connectivity index (χ0n) is 21.7. The highest BCUT2D eigenvalue weighted by Gasteiger charge is 2.21. The third kappa shape index (κ3) is 7.19. The van der Waals surface area contributed by atoms with Crippen LogP contribution in [0.1, 0.15) is 24.0 Å². The van der Waals surface area contributed by atoms with Gasteiger partial charge in [-0.2, -0.15) is 0 Å². The summed E-state index contributed by atoms with van der Waals surface area (Å²) in [6.07, 6.45) is 9.95. The van der Waals surface area contributed by atoms with Gasteiger partial charge in [0.05, 0.1) is 19.1 Å². The zero-order valence-corrected chi connectivity index (χ0v) is 22.7. The third-order valence-electron chi connectivity index (χ3n) is 6.61. The molecule has 1 N–H and O–H groups in total. The predicted octanol–water partition coefficient (Wildman–Crippen LogP) is 6.04. The number of benzene rings is 1. The first-order valence-electron chi connectivity index (χ1n) is 12.7. The molecular formula is C28H40N4O2Si. The molecule has 2 aromatic heterocycles. The molecule has 0 radical (unpaired) electrons. The lowest BCUT2D eigenvalue weighted by atomic mass is 10.0.